The molecular weight excluding hydrogens is 334 g/mol. The van der Waals surface area contributed by atoms with Crippen LogP contribution >= 0.6 is 0 Å². The molecule has 6 atom stereocenters. The van der Waals surface area contributed by atoms with Gasteiger partial charge < -0.3 is 4.84 Å². The molecule has 27 heavy (non-hydrogen) atoms. The molecule has 1 unspecified atom stereocenters. The van der Waals surface area contributed by atoms with E-state index in [0.717, 1.165) is 36.2 Å². The maximum atomic E-state index is 12.9. The molecule has 3 nitrogen and oxygen atoms in total. The Morgan fingerprint density at radius 3 is 2.59 bits per heavy atom. The molecule has 0 aromatic heterocycles. The van der Waals surface area contributed by atoms with Crippen molar-refractivity contribution in [3.05, 3.63) is 11.6 Å². The van der Waals surface area contributed by atoms with E-state index in [1.54, 1.807) is 0 Å². The van der Waals surface area contributed by atoms with Gasteiger partial charge in [-0.25, -0.2) is 4.79 Å². The van der Waals surface area contributed by atoms with Crippen molar-refractivity contribution in [3.63, 3.8) is 0 Å². The molecule has 3 saturated carbocycles. The summed E-state index contributed by atoms with van der Waals surface area (Å²) >= 11 is 0. The van der Waals surface area contributed by atoms with E-state index in [4.69, 9.17) is 4.84 Å². The lowest BCUT2D eigenvalue weighted by molar-refractivity contribution is -0.153. The number of fused-ring (bicyclic) bond motifs is 5. The van der Waals surface area contributed by atoms with Gasteiger partial charge in [-0.05, 0) is 94.8 Å². The van der Waals surface area contributed by atoms with Gasteiger partial charge in [0.15, 0.2) is 0 Å². The Balaban J connectivity index is 1.51. The van der Waals surface area contributed by atoms with Crippen LogP contribution < -0.4 is 5.48 Å². The third-order valence-corrected chi connectivity index (χ3v) is 8.83. The fourth-order valence-corrected chi connectivity index (χ4v) is 7.43. The van der Waals surface area contributed by atoms with E-state index in [1.807, 2.05) is 20.8 Å². The second-order valence-corrected chi connectivity index (χ2v) is 11.5. The fourth-order valence-electron chi connectivity index (χ4n) is 7.43. The highest BCUT2D eigenvalue weighted by Gasteiger charge is 2.59. The van der Waals surface area contributed by atoms with Crippen LogP contribution in [0.2, 0.25) is 0 Å². The minimum atomic E-state index is -0.221. The molecule has 0 spiro atoms. The zero-order valence-electron chi connectivity index (χ0n) is 18.1. The molecule has 0 radical (unpaired) electrons. The van der Waals surface area contributed by atoms with Crippen LogP contribution in [-0.2, 0) is 9.63 Å². The molecule has 0 heterocycles. The number of hydrogen-bond acceptors (Lipinski definition) is 3. The van der Waals surface area contributed by atoms with Crippen molar-refractivity contribution < 1.29 is 9.63 Å². The molecule has 3 heteroatoms. The van der Waals surface area contributed by atoms with Gasteiger partial charge in [0.2, 0.25) is 0 Å². The van der Waals surface area contributed by atoms with E-state index in [2.05, 4.69) is 25.4 Å². The van der Waals surface area contributed by atoms with E-state index in [9.17, 15) is 4.79 Å². The van der Waals surface area contributed by atoms with Crippen molar-refractivity contribution in [1.29, 1.82) is 0 Å². The van der Waals surface area contributed by atoms with Gasteiger partial charge in [0, 0.05) is 16.5 Å². The first-order valence-electron chi connectivity index (χ1n) is 11.3. The van der Waals surface area contributed by atoms with Gasteiger partial charge in [0.05, 0.1) is 0 Å². The molecule has 0 amide bonds. The summed E-state index contributed by atoms with van der Waals surface area (Å²) in [4.78, 5) is 18.3. The van der Waals surface area contributed by atoms with Crippen LogP contribution in [0, 0.1) is 34.5 Å². The first kappa shape index (κ1) is 19.5. The Morgan fingerprint density at radius 2 is 1.85 bits per heavy atom. The standard InChI is InChI=1S/C24H39NO2/c1-22(2,3)25-27-21(26)20-12-11-18-17-10-9-16-8-6-7-14-23(16,4)19(17)13-15-24(18,20)5/h12,16-19,25H,6-11,13-15H2,1-5H3/t16?,17-,18-,19-,23-,24-/m0/s1. The summed E-state index contributed by atoms with van der Waals surface area (Å²) in [5.41, 5.74) is 4.21. The monoisotopic (exact) mass is 373 g/mol. The SMILES string of the molecule is CC(C)(C)NOC(=O)C1=CC[C@H]2[C@@H]3CCC4CCCC[C@]4(C)[C@H]3CC[C@]12C. The highest BCUT2D eigenvalue weighted by Crippen LogP contribution is 2.66. The van der Waals surface area contributed by atoms with Gasteiger partial charge in [-0.2, -0.15) is 0 Å². The highest BCUT2D eigenvalue weighted by molar-refractivity contribution is 5.90. The van der Waals surface area contributed by atoms with E-state index < -0.39 is 0 Å². The van der Waals surface area contributed by atoms with Crippen LogP contribution in [0.1, 0.15) is 92.4 Å². The van der Waals surface area contributed by atoms with E-state index in [0.29, 0.717) is 11.3 Å². The Morgan fingerprint density at radius 1 is 1.07 bits per heavy atom. The predicted octanol–water partition coefficient (Wildman–Crippen LogP) is 5.80. The van der Waals surface area contributed by atoms with Crippen molar-refractivity contribution in [2.24, 2.45) is 34.5 Å². The summed E-state index contributed by atoms with van der Waals surface area (Å²) in [5, 5.41) is 0. The average Bonchev–Trinajstić information content (AvgIpc) is 2.96. The summed E-state index contributed by atoms with van der Waals surface area (Å²) in [6, 6.07) is 0. The Labute approximate surface area is 165 Å². The first-order valence-corrected chi connectivity index (χ1v) is 11.3. The van der Waals surface area contributed by atoms with Crippen molar-refractivity contribution in [2.45, 2.75) is 97.9 Å². The third kappa shape index (κ3) is 3.18. The molecule has 4 aliphatic carbocycles. The molecule has 1 N–H and O–H groups in total. The molecule has 0 bridgehead atoms. The van der Waals surface area contributed by atoms with Crippen molar-refractivity contribution in [2.75, 3.05) is 0 Å². The lowest BCUT2D eigenvalue weighted by Gasteiger charge is -2.60. The smallest absolute Gasteiger partial charge is 0.352 e. The lowest BCUT2D eigenvalue weighted by Crippen LogP contribution is -2.52. The van der Waals surface area contributed by atoms with Crippen LogP contribution in [0.5, 0.6) is 0 Å². The molecule has 0 saturated heterocycles. The molecule has 3 fully saturated rings. The van der Waals surface area contributed by atoms with Crippen LogP contribution in [0.15, 0.2) is 11.6 Å². The highest BCUT2D eigenvalue weighted by atomic mass is 16.7. The summed E-state index contributed by atoms with van der Waals surface area (Å²) < 4.78 is 0. The zero-order valence-corrected chi connectivity index (χ0v) is 18.1. The number of carbonyl (C=O) groups excluding carboxylic acids is 1. The normalized spacial score (nSPS) is 44.0. The van der Waals surface area contributed by atoms with Crippen LogP contribution in [-0.4, -0.2) is 11.5 Å². The summed E-state index contributed by atoms with van der Waals surface area (Å²) in [5.74, 6) is 3.09. The average molecular weight is 374 g/mol. The number of carbonyl (C=O) groups is 1. The molecule has 0 aliphatic heterocycles. The largest absolute Gasteiger partial charge is 0.366 e. The number of rotatable bonds is 2. The second-order valence-electron chi connectivity index (χ2n) is 11.5. The number of hydrogen-bond donors (Lipinski definition) is 1. The van der Waals surface area contributed by atoms with Crippen LogP contribution in [0.25, 0.3) is 0 Å². The Hall–Kier alpha value is -0.830. The third-order valence-electron chi connectivity index (χ3n) is 8.83. The second kappa shape index (κ2) is 6.61. The molecule has 0 aromatic carbocycles. The van der Waals surface area contributed by atoms with E-state index >= 15 is 0 Å². The van der Waals surface area contributed by atoms with E-state index in [-0.39, 0.29) is 16.9 Å². The maximum absolute atomic E-state index is 12.9. The van der Waals surface area contributed by atoms with Crippen LogP contribution in [0.3, 0.4) is 0 Å². The molecule has 152 valence electrons. The molecule has 4 rings (SSSR count). The van der Waals surface area contributed by atoms with E-state index in [1.165, 1.54) is 44.9 Å². The maximum Gasteiger partial charge on any atom is 0.352 e. The van der Waals surface area contributed by atoms with Gasteiger partial charge in [-0.15, -0.1) is 5.48 Å². The topological polar surface area (TPSA) is 38.3 Å². The number of nitrogens with one attached hydrogen (secondary N) is 1. The predicted molar refractivity (Wildman–Crippen MR) is 109 cm³/mol. The summed E-state index contributed by atoms with van der Waals surface area (Å²) in [6.07, 6.45) is 14.3. The Bertz CT molecular complexity index is 633. The van der Waals surface area contributed by atoms with Gasteiger partial charge in [0.25, 0.3) is 0 Å². The molecular formula is C24H39NO2. The fraction of sp³-hybridized carbons (Fsp3) is 0.875. The van der Waals surface area contributed by atoms with Crippen molar-refractivity contribution in [1.82, 2.24) is 5.48 Å². The minimum Gasteiger partial charge on any atom is -0.366 e. The summed E-state index contributed by atoms with van der Waals surface area (Å²) in [6.45, 7) is 11.0. The quantitative estimate of drug-likeness (QED) is 0.622. The van der Waals surface area contributed by atoms with Crippen LogP contribution in [0.4, 0.5) is 0 Å². The number of allylic oxidation sites excluding steroid dienone is 1. The van der Waals surface area contributed by atoms with Gasteiger partial charge >= 0.3 is 5.97 Å². The van der Waals surface area contributed by atoms with Crippen molar-refractivity contribution in [3.8, 4) is 0 Å². The lowest BCUT2D eigenvalue weighted by atomic mass is 9.45. The first-order chi connectivity index (χ1) is 12.7. The van der Waals surface area contributed by atoms with Gasteiger partial charge in [-0.1, -0.05) is 32.8 Å². The molecule has 0 aromatic rings. The number of hydroxylamine groups is 1. The van der Waals surface area contributed by atoms with Gasteiger partial charge in [0.1, 0.15) is 0 Å². The Kier molecular flexibility index (Phi) is 4.77. The zero-order chi connectivity index (χ0) is 19.4. The van der Waals surface area contributed by atoms with Crippen molar-refractivity contribution >= 4 is 5.97 Å². The molecule has 4 aliphatic rings. The van der Waals surface area contributed by atoms with Gasteiger partial charge in [-0.3, -0.25) is 0 Å². The minimum absolute atomic E-state index is 0.00960. The summed E-state index contributed by atoms with van der Waals surface area (Å²) in [7, 11) is 0.